The maximum Gasteiger partial charge on any atom is 0.321 e. The number of aliphatic hydroxyl groups excluding tert-OH is 1. The number of nitrogens with one attached hydrogen (secondary N) is 1. The van der Waals surface area contributed by atoms with Gasteiger partial charge in [-0.15, -0.1) is 0 Å². The molecule has 1 aromatic carbocycles. The number of hydrogen-bond donors (Lipinski definition) is 2. The van der Waals surface area contributed by atoms with Crippen molar-refractivity contribution in [2.75, 3.05) is 19.0 Å². The van der Waals surface area contributed by atoms with Gasteiger partial charge in [-0.2, -0.15) is 0 Å². The predicted molar refractivity (Wildman–Crippen MR) is 80.8 cm³/mol. The minimum Gasteiger partial charge on any atom is -0.396 e. The van der Waals surface area contributed by atoms with Crippen molar-refractivity contribution in [2.24, 2.45) is 5.92 Å². The molecule has 0 saturated heterocycles. The number of carbonyl (C=O) groups is 1. The third kappa shape index (κ3) is 3.94. The van der Waals surface area contributed by atoms with Gasteiger partial charge in [-0.05, 0) is 56.2 Å². The van der Waals surface area contributed by atoms with Crippen LogP contribution in [0.3, 0.4) is 0 Å². The molecule has 4 nitrogen and oxygen atoms in total. The van der Waals surface area contributed by atoms with Crippen LogP contribution in [0, 0.1) is 18.7 Å². The fourth-order valence-electron chi connectivity index (χ4n) is 2.81. The number of aryl methyl sites for hydroxylation is 1. The molecule has 1 fully saturated rings. The van der Waals surface area contributed by atoms with Crippen LogP contribution in [0.15, 0.2) is 18.2 Å². The smallest absolute Gasteiger partial charge is 0.321 e. The molecular formula is C16H23FN2O2. The molecule has 5 heteroatoms. The molecule has 0 aromatic heterocycles. The molecule has 1 saturated carbocycles. The quantitative estimate of drug-likeness (QED) is 0.899. The minimum absolute atomic E-state index is 0.154. The first-order chi connectivity index (χ1) is 10.0. The SMILES string of the molecule is Cc1ccc(NC(=O)N(C)C2CCC(CO)CC2)c(F)c1. The normalized spacial score (nSPS) is 21.9. The van der Waals surface area contributed by atoms with Crippen molar-refractivity contribution in [3.05, 3.63) is 29.6 Å². The van der Waals surface area contributed by atoms with Gasteiger partial charge in [0.1, 0.15) is 5.82 Å². The number of aliphatic hydroxyl groups is 1. The Labute approximate surface area is 125 Å². The van der Waals surface area contributed by atoms with Gasteiger partial charge in [-0.3, -0.25) is 0 Å². The van der Waals surface area contributed by atoms with Crippen LogP contribution in [0.25, 0.3) is 0 Å². The van der Waals surface area contributed by atoms with Crippen LogP contribution in [-0.2, 0) is 0 Å². The molecule has 1 aliphatic rings. The van der Waals surface area contributed by atoms with Crippen LogP contribution >= 0.6 is 0 Å². The van der Waals surface area contributed by atoms with Crippen LogP contribution in [-0.4, -0.2) is 35.7 Å². The van der Waals surface area contributed by atoms with Crippen LogP contribution in [0.2, 0.25) is 0 Å². The summed E-state index contributed by atoms with van der Waals surface area (Å²) >= 11 is 0. The molecule has 0 radical (unpaired) electrons. The first-order valence-corrected chi connectivity index (χ1v) is 7.42. The number of hydrogen-bond acceptors (Lipinski definition) is 2. The molecule has 1 aliphatic carbocycles. The van der Waals surface area contributed by atoms with E-state index in [4.69, 9.17) is 5.11 Å². The Morgan fingerprint density at radius 1 is 1.38 bits per heavy atom. The highest BCUT2D eigenvalue weighted by Gasteiger charge is 2.26. The highest BCUT2D eigenvalue weighted by Crippen LogP contribution is 2.27. The first-order valence-electron chi connectivity index (χ1n) is 7.42. The lowest BCUT2D eigenvalue weighted by atomic mass is 9.86. The van der Waals surface area contributed by atoms with Crippen molar-refractivity contribution in [2.45, 2.75) is 38.6 Å². The highest BCUT2D eigenvalue weighted by molar-refractivity contribution is 5.89. The molecule has 21 heavy (non-hydrogen) atoms. The molecule has 0 bridgehead atoms. The second-order valence-electron chi connectivity index (χ2n) is 5.88. The molecule has 1 aromatic rings. The molecule has 0 aliphatic heterocycles. The third-order valence-corrected chi connectivity index (χ3v) is 4.31. The Bertz CT molecular complexity index is 499. The second kappa shape index (κ2) is 6.89. The summed E-state index contributed by atoms with van der Waals surface area (Å²) in [5.74, 6) is -0.0620. The molecule has 0 heterocycles. The van der Waals surface area contributed by atoms with Gasteiger partial charge in [-0.25, -0.2) is 9.18 Å². The summed E-state index contributed by atoms with van der Waals surface area (Å²) in [6.07, 6.45) is 3.62. The molecule has 2 N–H and O–H groups in total. The van der Waals surface area contributed by atoms with E-state index in [1.54, 1.807) is 31.0 Å². The van der Waals surface area contributed by atoms with E-state index < -0.39 is 5.82 Å². The zero-order valence-corrected chi connectivity index (χ0v) is 12.6. The summed E-state index contributed by atoms with van der Waals surface area (Å²) in [6, 6.07) is 4.62. The molecule has 0 atom stereocenters. The van der Waals surface area contributed by atoms with E-state index in [-0.39, 0.29) is 24.4 Å². The lowest BCUT2D eigenvalue weighted by Crippen LogP contribution is -2.42. The van der Waals surface area contributed by atoms with E-state index in [1.807, 2.05) is 0 Å². The van der Waals surface area contributed by atoms with Crippen LogP contribution in [0.4, 0.5) is 14.9 Å². The Balaban J connectivity index is 1.93. The summed E-state index contributed by atoms with van der Waals surface area (Å²) < 4.78 is 13.8. The molecule has 116 valence electrons. The lowest BCUT2D eigenvalue weighted by Gasteiger charge is -2.34. The van der Waals surface area contributed by atoms with Gasteiger partial charge in [0, 0.05) is 19.7 Å². The van der Waals surface area contributed by atoms with Crippen molar-refractivity contribution < 1.29 is 14.3 Å². The summed E-state index contributed by atoms with van der Waals surface area (Å²) in [4.78, 5) is 13.8. The Hall–Kier alpha value is -1.62. The minimum atomic E-state index is -0.416. The largest absolute Gasteiger partial charge is 0.396 e. The van der Waals surface area contributed by atoms with Crippen molar-refractivity contribution in [1.29, 1.82) is 0 Å². The zero-order chi connectivity index (χ0) is 15.4. The Kier molecular flexibility index (Phi) is 5.17. The number of rotatable bonds is 3. The number of anilines is 1. The van der Waals surface area contributed by atoms with Gasteiger partial charge in [0.25, 0.3) is 0 Å². The number of amides is 2. The topological polar surface area (TPSA) is 52.6 Å². The van der Waals surface area contributed by atoms with Crippen molar-refractivity contribution in [3.8, 4) is 0 Å². The van der Waals surface area contributed by atoms with Crippen molar-refractivity contribution in [1.82, 2.24) is 4.90 Å². The van der Waals surface area contributed by atoms with Gasteiger partial charge >= 0.3 is 6.03 Å². The molecule has 2 amide bonds. The van der Waals surface area contributed by atoms with Crippen LogP contribution < -0.4 is 5.32 Å². The average molecular weight is 294 g/mol. The molecule has 0 unspecified atom stereocenters. The maximum atomic E-state index is 13.8. The monoisotopic (exact) mass is 294 g/mol. The predicted octanol–water partition coefficient (Wildman–Crippen LogP) is 3.15. The van der Waals surface area contributed by atoms with E-state index in [1.165, 1.54) is 6.07 Å². The van der Waals surface area contributed by atoms with Gasteiger partial charge < -0.3 is 15.3 Å². The fraction of sp³-hybridized carbons (Fsp3) is 0.562. The number of benzene rings is 1. The van der Waals surface area contributed by atoms with Crippen molar-refractivity contribution >= 4 is 11.7 Å². The van der Waals surface area contributed by atoms with Gasteiger partial charge in [0.2, 0.25) is 0 Å². The number of urea groups is 1. The highest BCUT2D eigenvalue weighted by atomic mass is 19.1. The van der Waals surface area contributed by atoms with E-state index in [2.05, 4.69) is 5.32 Å². The Morgan fingerprint density at radius 2 is 2.05 bits per heavy atom. The summed E-state index contributed by atoms with van der Waals surface area (Å²) in [5.41, 5.74) is 1.03. The van der Waals surface area contributed by atoms with Crippen molar-refractivity contribution in [3.63, 3.8) is 0 Å². The summed E-state index contributed by atoms with van der Waals surface area (Å²) in [6.45, 7) is 2.03. The van der Waals surface area contributed by atoms with E-state index in [9.17, 15) is 9.18 Å². The standard InChI is InChI=1S/C16H23FN2O2/c1-11-3-8-15(14(17)9-11)18-16(21)19(2)13-6-4-12(10-20)5-7-13/h3,8-9,12-13,20H,4-7,10H2,1-2H3,(H,18,21). The summed E-state index contributed by atoms with van der Waals surface area (Å²) in [5, 5.41) is 11.8. The number of halogens is 1. The second-order valence-corrected chi connectivity index (χ2v) is 5.88. The number of nitrogens with zero attached hydrogens (tertiary/aromatic N) is 1. The summed E-state index contributed by atoms with van der Waals surface area (Å²) in [7, 11) is 1.74. The van der Waals surface area contributed by atoms with E-state index in [0.717, 1.165) is 31.2 Å². The molecule has 2 rings (SSSR count). The zero-order valence-electron chi connectivity index (χ0n) is 12.6. The van der Waals surface area contributed by atoms with Gasteiger partial charge in [0.15, 0.2) is 0 Å². The van der Waals surface area contributed by atoms with E-state index in [0.29, 0.717) is 5.92 Å². The lowest BCUT2D eigenvalue weighted by molar-refractivity contribution is 0.139. The molecular weight excluding hydrogens is 271 g/mol. The third-order valence-electron chi connectivity index (χ3n) is 4.31. The molecule has 0 spiro atoms. The van der Waals surface area contributed by atoms with Gasteiger partial charge in [-0.1, -0.05) is 6.07 Å². The Morgan fingerprint density at radius 3 is 2.62 bits per heavy atom. The van der Waals surface area contributed by atoms with Crippen LogP contribution in [0.5, 0.6) is 0 Å². The first kappa shape index (κ1) is 15.8. The van der Waals surface area contributed by atoms with E-state index >= 15 is 0 Å². The van der Waals surface area contributed by atoms with Crippen LogP contribution in [0.1, 0.15) is 31.2 Å². The van der Waals surface area contributed by atoms with Gasteiger partial charge in [0.05, 0.1) is 5.69 Å². The fourth-order valence-corrected chi connectivity index (χ4v) is 2.81. The number of carbonyl (C=O) groups excluding carboxylic acids is 1. The maximum absolute atomic E-state index is 13.8. The average Bonchev–Trinajstić information content (AvgIpc) is 2.49.